The Bertz CT molecular complexity index is 1440. The van der Waals surface area contributed by atoms with E-state index in [0.29, 0.717) is 35.7 Å². The minimum absolute atomic E-state index is 0.0939. The fraction of sp³-hybridized carbons (Fsp3) is 0.400. The maximum atomic E-state index is 11.6. The predicted molar refractivity (Wildman–Crippen MR) is 135 cm³/mol. The Morgan fingerprint density at radius 2 is 1.92 bits per heavy atom. The number of hydrogen-bond acceptors (Lipinski definition) is 8. The molecule has 4 heterocycles. The number of fused-ring (bicyclic) bond motifs is 2. The zero-order valence-corrected chi connectivity index (χ0v) is 21.0. The molecule has 0 saturated carbocycles. The summed E-state index contributed by atoms with van der Waals surface area (Å²) in [7, 11) is 3.46. The molecule has 0 aliphatic carbocycles. The standard InChI is InChI=1S/C25H29N7O4/c1-14-10-31(11-15(2)32(14)25(33)34)21-7-6-19-20(27-21)9-26-24(28-19)18-8-17-12-30(4)29-22(17)16(3)23(18)36-13-35-5/h6-9,12,14-15H,10-11,13H2,1-5H3,(H,33,34)/t14-,15+. The number of benzene rings is 1. The van der Waals surface area contributed by atoms with Crippen molar-refractivity contribution in [3.8, 4) is 17.1 Å². The van der Waals surface area contributed by atoms with Crippen molar-refractivity contribution in [3.63, 3.8) is 0 Å². The van der Waals surface area contributed by atoms with E-state index >= 15 is 0 Å². The Labute approximate surface area is 208 Å². The van der Waals surface area contributed by atoms with Crippen molar-refractivity contribution >= 4 is 33.8 Å². The van der Waals surface area contributed by atoms with Gasteiger partial charge in [0, 0.05) is 44.4 Å². The number of pyridine rings is 1. The van der Waals surface area contributed by atoms with Crippen LogP contribution in [0.1, 0.15) is 19.4 Å². The smallest absolute Gasteiger partial charge is 0.407 e. The van der Waals surface area contributed by atoms with Gasteiger partial charge < -0.3 is 19.5 Å². The largest absolute Gasteiger partial charge is 0.466 e. The summed E-state index contributed by atoms with van der Waals surface area (Å²) in [5.41, 5.74) is 3.86. The molecule has 36 heavy (non-hydrogen) atoms. The Morgan fingerprint density at radius 3 is 2.61 bits per heavy atom. The molecule has 1 fully saturated rings. The van der Waals surface area contributed by atoms with Crippen LogP contribution >= 0.6 is 0 Å². The summed E-state index contributed by atoms with van der Waals surface area (Å²) in [6.07, 6.45) is 2.77. The number of anilines is 1. The molecule has 0 unspecified atom stereocenters. The summed E-state index contributed by atoms with van der Waals surface area (Å²) >= 11 is 0. The van der Waals surface area contributed by atoms with E-state index in [-0.39, 0.29) is 18.9 Å². The third-order valence-electron chi connectivity index (χ3n) is 6.55. The van der Waals surface area contributed by atoms with E-state index in [0.717, 1.165) is 27.8 Å². The van der Waals surface area contributed by atoms with Gasteiger partial charge in [0.05, 0.1) is 34.9 Å². The van der Waals surface area contributed by atoms with E-state index in [4.69, 9.17) is 19.4 Å². The van der Waals surface area contributed by atoms with E-state index < -0.39 is 6.09 Å². The minimum atomic E-state index is -0.893. The van der Waals surface area contributed by atoms with E-state index in [9.17, 15) is 9.90 Å². The van der Waals surface area contributed by atoms with Crippen molar-refractivity contribution < 1.29 is 19.4 Å². The second-order valence-corrected chi connectivity index (χ2v) is 9.23. The average Bonchev–Trinajstić information content (AvgIpc) is 3.22. The zero-order chi connectivity index (χ0) is 25.6. The molecule has 1 aromatic carbocycles. The van der Waals surface area contributed by atoms with Crippen LogP contribution in [0.3, 0.4) is 0 Å². The number of carboxylic acid groups (broad SMARTS) is 1. The van der Waals surface area contributed by atoms with Crippen molar-refractivity contribution in [2.75, 3.05) is 31.9 Å². The second-order valence-electron chi connectivity index (χ2n) is 9.23. The highest BCUT2D eigenvalue weighted by atomic mass is 16.7. The Balaban J connectivity index is 1.51. The molecule has 1 N–H and O–H groups in total. The normalized spacial score (nSPS) is 18.2. The van der Waals surface area contributed by atoms with Crippen molar-refractivity contribution in [3.05, 3.63) is 36.2 Å². The second kappa shape index (κ2) is 9.23. The average molecular weight is 492 g/mol. The van der Waals surface area contributed by atoms with E-state index in [2.05, 4.69) is 15.0 Å². The monoisotopic (exact) mass is 491 g/mol. The fourth-order valence-electron chi connectivity index (χ4n) is 5.01. The van der Waals surface area contributed by atoms with Crippen LogP contribution in [0.2, 0.25) is 0 Å². The van der Waals surface area contributed by atoms with Crippen LogP contribution < -0.4 is 9.64 Å². The number of rotatable bonds is 5. The summed E-state index contributed by atoms with van der Waals surface area (Å²) in [5.74, 6) is 1.93. The molecule has 0 spiro atoms. The molecule has 1 aliphatic heterocycles. The zero-order valence-electron chi connectivity index (χ0n) is 21.0. The summed E-state index contributed by atoms with van der Waals surface area (Å²) in [5, 5.41) is 15.0. The predicted octanol–water partition coefficient (Wildman–Crippen LogP) is 3.45. The van der Waals surface area contributed by atoms with Crippen molar-refractivity contribution in [2.24, 2.45) is 7.05 Å². The lowest BCUT2D eigenvalue weighted by Crippen LogP contribution is -2.58. The molecular formula is C25H29N7O4. The van der Waals surface area contributed by atoms with Gasteiger partial charge in [-0.3, -0.25) is 9.58 Å². The summed E-state index contributed by atoms with van der Waals surface area (Å²) in [6.45, 7) is 7.02. The number of amides is 1. The van der Waals surface area contributed by atoms with Crippen molar-refractivity contribution in [1.29, 1.82) is 0 Å². The van der Waals surface area contributed by atoms with Gasteiger partial charge in [-0.15, -0.1) is 0 Å². The molecule has 0 bridgehead atoms. The Morgan fingerprint density at radius 1 is 1.17 bits per heavy atom. The molecule has 3 aromatic heterocycles. The summed E-state index contributed by atoms with van der Waals surface area (Å²) in [4.78, 5) is 29.4. The van der Waals surface area contributed by atoms with E-state index in [1.807, 2.05) is 52.2 Å². The number of carbonyl (C=O) groups is 1. The molecule has 188 valence electrons. The number of nitrogens with zero attached hydrogens (tertiary/aromatic N) is 7. The Kier molecular flexibility index (Phi) is 6.09. The van der Waals surface area contributed by atoms with Crippen LogP contribution in [0.15, 0.2) is 30.6 Å². The molecule has 11 heteroatoms. The molecule has 0 radical (unpaired) electrons. The molecule has 1 aliphatic rings. The Hall–Kier alpha value is -3.99. The van der Waals surface area contributed by atoms with Gasteiger partial charge in [0.25, 0.3) is 0 Å². The molecule has 2 atom stereocenters. The number of methoxy groups -OCH3 is 1. The maximum Gasteiger partial charge on any atom is 0.407 e. The highest BCUT2D eigenvalue weighted by Gasteiger charge is 2.33. The summed E-state index contributed by atoms with van der Waals surface area (Å²) in [6, 6.07) is 5.55. The van der Waals surface area contributed by atoms with Gasteiger partial charge in [-0.1, -0.05) is 0 Å². The lowest BCUT2D eigenvalue weighted by molar-refractivity contribution is 0.0511. The molecule has 5 rings (SSSR count). The first kappa shape index (κ1) is 23.7. The third-order valence-corrected chi connectivity index (χ3v) is 6.55. The number of ether oxygens (including phenoxy) is 2. The van der Waals surface area contributed by atoms with Gasteiger partial charge in [0.1, 0.15) is 17.1 Å². The highest BCUT2D eigenvalue weighted by molar-refractivity contribution is 5.91. The van der Waals surface area contributed by atoms with Crippen LogP contribution in [0.25, 0.3) is 33.3 Å². The van der Waals surface area contributed by atoms with Gasteiger partial charge >= 0.3 is 6.09 Å². The van der Waals surface area contributed by atoms with Gasteiger partial charge in [0.15, 0.2) is 12.6 Å². The quantitative estimate of drug-likeness (QED) is 0.419. The molecule has 1 amide bonds. The molecule has 11 nitrogen and oxygen atoms in total. The number of piperazine rings is 1. The van der Waals surface area contributed by atoms with Crippen LogP contribution in [0.4, 0.5) is 10.6 Å². The van der Waals surface area contributed by atoms with Crippen LogP contribution in [-0.2, 0) is 11.8 Å². The lowest BCUT2D eigenvalue weighted by atomic mass is 10.0. The SMILES string of the molecule is COCOc1c(-c2ncc3nc(N4C[C@@H](C)N(C(=O)O)[C@@H](C)C4)ccc3n2)cc2cn(C)nc2c1C. The van der Waals surface area contributed by atoms with Crippen LogP contribution in [0.5, 0.6) is 5.75 Å². The van der Waals surface area contributed by atoms with Crippen molar-refractivity contribution in [2.45, 2.75) is 32.9 Å². The number of hydrogen-bond donors (Lipinski definition) is 1. The molecule has 4 aromatic rings. The minimum Gasteiger partial charge on any atom is -0.466 e. The summed E-state index contributed by atoms with van der Waals surface area (Å²) < 4.78 is 12.8. The van der Waals surface area contributed by atoms with Crippen molar-refractivity contribution in [1.82, 2.24) is 29.6 Å². The van der Waals surface area contributed by atoms with Gasteiger partial charge in [-0.25, -0.2) is 19.7 Å². The van der Waals surface area contributed by atoms with E-state index in [1.54, 1.807) is 18.0 Å². The molecular weight excluding hydrogens is 462 g/mol. The van der Waals surface area contributed by atoms with Gasteiger partial charge in [0.2, 0.25) is 0 Å². The highest BCUT2D eigenvalue weighted by Crippen LogP contribution is 2.37. The molecule has 1 saturated heterocycles. The van der Waals surface area contributed by atoms with Gasteiger partial charge in [-0.05, 0) is 39.0 Å². The number of aryl methyl sites for hydroxylation is 2. The first-order chi connectivity index (χ1) is 17.3. The van der Waals surface area contributed by atoms with E-state index in [1.165, 1.54) is 4.90 Å². The van der Waals surface area contributed by atoms with Crippen LogP contribution in [0, 0.1) is 6.92 Å². The lowest BCUT2D eigenvalue weighted by Gasteiger charge is -2.43. The maximum absolute atomic E-state index is 11.6. The topological polar surface area (TPSA) is 119 Å². The fourth-order valence-corrected chi connectivity index (χ4v) is 5.01. The first-order valence-corrected chi connectivity index (χ1v) is 11.8. The number of aromatic nitrogens is 5. The van der Waals surface area contributed by atoms with Gasteiger partial charge in [-0.2, -0.15) is 5.10 Å². The first-order valence-electron chi connectivity index (χ1n) is 11.8. The van der Waals surface area contributed by atoms with Crippen LogP contribution in [-0.4, -0.2) is 79.9 Å². The third kappa shape index (κ3) is 4.15.